The predicted molar refractivity (Wildman–Crippen MR) is 97.3 cm³/mol. The van der Waals surface area contributed by atoms with Crippen LogP contribution < -0.4 is 14.8 Å². The van der Waals surface area contributed by atoms with Crippen LogP contribution in [0.15, 0.2) is 42.5 Å². The number of ether oxygens (including phenoxy) is 2. The summed E-state index contributed by atoms with van der Waals surface area (Å²) >= 11 is 6.43. The minimum absolute atomic E-state index is 0.0604. The topological polar surface area (TPSA) is 67.8 Å². The fraction of sp³-hybridized carbons (Fsp3) is 0.250. The number of rotatable bonds is 2. The third-order valence-electron chi connectivity index (χ3n) is 5.42. The molecule has 0 unspecified atom stereocenters. The van der Waals surface area contributed by atoms with Gasteiger partial charge in [-0.3, -0.25) is 0 Å². The second-order valence-corrected chi connectivity index (χ2v) is 7.22. The number of anilines is 1. The smallest absolute Gasteiger partial charge is 0.335 e. The molecule has 3 aliphatic rings. The van der Waals surface area contributed by atoms with Crippen molar-refractivity contribution in [3.8, 4) is 11.5 Å². The molecule has 2 aliphatic heterocycles. The molecule has 132 valence electrons. The largest absolute Gasteiger partial charge is 0.478 e. The van der Waals surface area contributed by atoms with Crippen LogP contribution in [0.2, 0.25) is 5.02 Å². The first kappa shape index (κ1) is 15.6. The van der Waals surface area contributed by atoms with E-state index < -0.39 is 5.97 Å². The highest BCUT2D eigenvalue weighted by molar-refractivity contribution is 6.33. The molecule has 0 amide bonds. The quantitative estimate of drug-likeness (QED) is 0.757. The van der Waals surface area contributed by atoms with E-state index in [-0.39, 0.29) is 24.3 Å². The molecule has 5 nitrogen and oxygen atoms in total. The van der Waals surface area contributed by atoms with Gasteiger partial charge in [0.1, 0.15) is 0 Å². The molecule has 2 N–H and O–H groups in total. The molecule has 0 fully saturated rings. The third kappa shape index (κ3) is 2.27. The van der Waals surface area contributed by atoms with Gasteiger partial charge >= 0.3 is 5.97 Å². The zero-order valence-corrected chi connectivity index (χ0v) is 14.5. The number of carboxylic acids is 1. The number of hydrogen-bond donors (Lipinski definition) is 2. The Morgan fingerprint density at radius 2 is 2.04 bits per heavy atom. The summed E-state index contributed by atoms with van der Waals surface area (Å²) in [5.41, 5.74) is 3.09. The lowest BCUT2D eigenvalue weighted by Gasteiger charge is -2.38. The second-order valence-electron chi connectivity index (χ2n) is 6.82. The Morgan fingerprint density at radius 3 is 2.88 bits per heavy atom. The number of hydrogen-bond acceptors (Lipinski definition) is 4. The number of fused-ring (bicyclic) bond motifs is 4. The molecule has 6 heteroatoms. The predicted octanol–water partition coefficient (Wildman–Crippen LogP) is 4.59. The normalized spacial score (nSPS) is 24.7. The highest BCUT2D eigenvalue weighted by Crippen LogP contribution is 2.52. The van der Waals surface area contributed by atoms with Gasteiger partial charge in [0.2, 0.25) is 6.79 Å². The van der Waals surface area contributed by atoms with E-state index >= 15 is 0 Å². The van der Waals surface area contributed by atoms with Gasteiger partial charge in [0.05, 0.1) is 22.3 Å². The molecule has 2 aromatic carbocycles. The number of aromatic carboxylic acids is 1. The maximum absolute atomic E-state index is 11.4. The summed E-state index contributed by atoms with van der Waals surface area (Å²) in [6.07, 6.45) is 5.24. The number of allylic oxidation sites excluding steroid dienone is 2. The fourth-order valence-corrected chi connectivity index (χ4v) is 4.50. The van der Waals surface area contributed by atoms with Crippen molar-refractivity contribution >= 4 is 23.3 Å². The molecule has 2 heterocycles. The summed E-state index contributed by atoms with van der Waals surface area (Å²) in [7, 11) is 0. The van der Waals surface area contributed by atoms with E-state index in [4.69, 9.17) is 21.1 Å². The standard InChI is InChI=1S/C20H16ClNO4/c21-15-7-11(20(23)24)6-14-12-2-1-3-13(12)18(22-19(14)15)10-4-5-16-17(8-10)26-9-25-16/h1-2,4-8,12-13,18,22H,3,9H2,(H,23,24)/t12-,13+,18+/m1/s1. The number of carbonyl (C=O) groups is 1. The van der Waals surface area contributed by atoms with Crippen LogP contribution >= 0.6 is 11.6 Å². The molecule has 2 aromatic rings. The van der Waals surface area contributed by atoms with E-state index in [0.29, 0.717) is 10.9 Å². The minimum Gasteiger partial charge on any atom is -0.478 e. The molecule has 0 saturated heterocycles. The van der Waals surface area contributed by atoms with Crippen molar-refractivity contribution in [1.29, 1.82) is 0 Å². The van der Waals surface area contributed by atoms with Gasteiger partial charge in [-0.2, -0.15) is 0 Å². The van der Waals surface area contributed by atoms with Crippen LogP contribution in [-0.2, 0) is 0 Å². The van der Waals surface area contributed by atoms with Crippen molar-refractivity contribution in [3.05, 3.63) is 64.2 Å². The number of benzene rings is 2. The van der Waals surface area contributed by atoms with E-state index in [0.717, 1.165) is 34.7 Å². The van der Waals surface area contributed by atoms with Crippen LogP contribution in [0.4, 0.5) is 5.69 Å². The third-order valence-corrected chi connectivity index (χ3v) is 5.72. The Kier molecular flexibility index (Phi) is 3.40. The van der Waals surface area contributed by atoms with Gasteiger partial charge in [-0.25, -0.2) is 4.79 Å². The van der Waals surface area contributed by atoms with Crippen molar-refractivity contribution in [2.75, 3.05) is 12.1 Å². The van der Waals surface area contributed by atoms with Gasteiger partial charge in [0, 0.05) is 5.92 Å². The maximum Gasteiger partial charge on any atom is 0.335 e. The first-order valence-electron chi connectivity index (χ1n) is 8.51. The summed E-state index contributed by atoms with van der Waals surface area (Å²) < 4.78 is 10.9. The van der Waals surface area contributed by atoms with Crippen molar-refractivity contribution in [2.45, 2.75) is 18.4 Å². The lowest BCUT2D eigenvalue weighted by Crippen LogP contribution is -2.29. The Labute approximate surface area is 155 Å². The first-order valence-corrected chi connectivity index (χ1v) is 8.89. The van der Waals surface area contributed by atoms with Crippen molar-refractivity contribution in [3.63, 3.8) is 0 Å². The van der Waals surface area contributed by atoms with Gasteiger partial charge in [-0.05, 0) is 47.7 Å². The summed E-state index contributed by atoms with van der Waals surface area (Å²) in [5.74, 6) is 0.979. The lowest BCUT2D eigenvalue weighted by molar-refractivity contribution is 0.0696. The Hall–Kier alpha value is -2.66. The van der Waals surface area contributed by atoms with Gasteiger partial charge in [0.15, 0.2) is 11.5 Å². The molecule has 26 heavy (non-hydrogen) atoms. The Bertz CT molecular complexity index is 955. The number of nitrogens with one attached hydrogen (secondary N) is 1. The molecule has 5 rings (SSSR count). The maximum atomic E-state index is 11.4. The number of carboxylic acid groups (broad SMARTS) is 1. The minimum atomic E-state index is -0.967. The van der Waals surface area contributed by atoms with Gasteiger partial charge in [-0.1, -0.05) is 29.8 Å². The van der Waals surface area contributed by atoms with E-state index in [9.17, 15) is 9.90 Å². The first-order chi connectivity index (χ1) is 12.6. The number of halogens is 1. The molecule has 3 atom stereocenters. The highest BCUT2D eigenvalue weighted by Gasteiger charge is 2.39. The second kappa shape index (κ2) is 5.68. The van der Waals surface area contributed by atoms with Gasteiger partial charge in [-0.15, -0.1) is 0 Å². The molecule has 0 spiro atoms. The molecular formula is C20H16ClNO4. The summed E-state index contributed by atoms with van der Waals surface area (Å²) in [4.78, 5) is 11.4. The Morgan fingerprint density at radius 1 is 1.19 bits per heavy atom. The molecule has 0 bridgehead atoms. The lowest BCUT2D eigenvalue weighted by atomic mass is 9.76. The highest BCUT2D eigenvalue weighted by atomic mass is 35.5. The molecule has 1 aliphatic carbocycles. The van der Waals surface area contributed by atoms with Crippen LogP contribution in [0, 0.1) is 5.92 Å². The molecular weight excluding hydrogens is 354 g/mol. The Balaban J connectivity index is 1.60. The van der Waals surface area contributed by atoms with Crippen molar-refractivity contribution < 1.29 is 19.4 Å². The average molecular weight is 370 g/mol. The molecule has 0 aromatic heterocycles. The zero-order chi connectivity index (χ0) is 17.8. The van der Waals surface area contributed by atoms with E-state index in [1.807, 2.05) is 18.2 Å². The van der Waals surface area contributed by atoms with E-state index in [1.165, 1.54) is 6.07 Å². The summed E-state index contributed by atoms with van der Waals surface area (Å²) in [6, 6.07) is 9.29. The molecule has 0 radical (unpaired) electrons. The summed E-state index contributed by atoms with van der Waals surface area (Å²) in [5, 5.41) is 13.3. The van der Waals surface area contributed by atoms with Gasteiger partial charge < -0.3 is 19.9 Å². The average Bonchev–Trinajstić information content (AvgIpc) is 3.29. The van der Waals surface area contributed by atoms with Crippen LogP contribution in [-0.4, -0.2) is 17.9 Å². The van der Waals surface area contributed by atoms with Crippen LogP contribution in [0.25, 0.3) is 0 Å². The van der Waals surface area contributed by atoms with Crippen molar-refractivity contribution in [1.82, 2.24) is 0 Å². The SMILES string of the molecule is O=C(O)c1cc(Cl)c2c(c1)[C@@H]1C=CC[C@@H]1[C@H](c1ccc3c(c1)OCO3)N2. The monoisotopic (exact) mass is 369 g/mol. The van der Waals surface area contributed by atoms with E-state index in [1.54, 1.807) is 6.07 Å². The van der Waals surface area contributed by atoms with E-state index in [2.05, 4.69) is 17.5 Å². The van der Waals surface area contributed by atoms with Crippen LogP contribution in [0.1, 0.15) is 39.9 Å². The van der Waals surface area contributed by atoms with Crippen molar-refractivity contribution in [2.24, 2.45) is 5.92 Å². The summed E-state index contributed by atoms with van der Waals surface area (Å²) in [6.45, 7) is 0.247. The van der Waals surface area contributed by atoms with Gasteiger partial charge in [0.25, 0.3) is 0 Å². The zero-order valence-electron chi connectivity index (χ0n) is 13.7. The van der Waals surface area contributed by atoms with Crippen LogP contribution in [0.3, 0.4) is 0 Å². The molecule has 0 saturated carbocycles. The fourth-order valence-electron chi connectivity index (χ4n) is 4.22. The van der Waals surface area contributed by atoms with Crippen LogP contribution in [0.5, 0.6) is 11.5 Å².